The molecule has 5 heterocycles. The molecule has 0 saturated carbocycles. The molecule has 2 saturated heterocycles. The largest absolute Gasteiger partial charge is 0.354 e. The normalized spacial score (nSPS) is 17.5. The van der Waals surface area contributed by atoms with E-state index in [1.54, 1.807) is 6.33 Å². The third-order valence-electron chi connectivity index (χ3n) is 7.91. The summed E-state index contributed by atoms with van der Waals surface area (Å²) >= 11 is 0. The van der Waals surface area contributed by atoms with Crippen LogP contribution in [0.4, 0.5) is 0 Å². The Morgan fingerprint density at radius 3 is 2.66 bits per heavy atom. The fourth-order valence-electron chi connectivity index (χ4n) is 5.82. The number of fused-ring (bicyclic) bond motifs is 2. The first-order valence-corrected chi connectivity index (χ1v) is 12.9. The van der Waals surface area contributed by atoms with Crippen molar-refractivity contribution in [2.45, 2.75) is 51.9 Å². The number of aromatic nitrogens is 4. The zero-order chi connectivity index (χ0) is 24.1. The van der Waals surface area contributed by atoms with Gasteiger partial charge in [-0.05, 0) is 86.0 Å². The number of pyridine rings is 1. The maximum Gasteiger partial charge on any atom is 0.236 e. The van der Waals surface area contributed by atoms with Crippen molar-refractivity contribution in [2.24, 2.45) is 0 Å². The molecule has 0 spiro atoms. The lowest BCUT2D eigenvalue weighted by Gasteiger charge is -2.36. The molecular formula is C28H34N6O. The van der Waals surface area contributed by atoms with Crippen LogP contribution in [0, 0.1) is 6.92 Å². The van der Waals surface area contributed by atoms with E-state index in [-0.39, 0.29) is 0 Å². The molecular weight excluding hydrogens is 436 g/mol. The molecule has 2 aliphatic heterocycles. The minimum atomic E-state index is 0.303. The number of benzene rings is 1. The second-order valence-corrected chi connectivity index (χ2v) is 10.6. The van der Waals surface area contributed by atoms with Crippen molar-refractivity contribution < 1.29 is 4.79 Å². The SMILES string of the molecule is Cc1cc(-c2[nH]c3ccc(C4CCN(CC(=O)N5CCC5)CC4)cc3c2C(C)C)cn2ncnc12. The summed E-state index contributed by atoms with van der Waals surface area (Å²) in [6.07, 6.45) is 7.05. The number of rotatable bonds is 5. The molecule has 0 unspecified atom stereocenters. The van der Waals surface area contributed by atoms with Gasteiger partial charge in [0, 0.05) is 35.8 Å². The molecule has 0 radical (unpaired) electrons. The molecule has 0 atom stereocenters. The molecule has 182 valence electrons. The first kappa shape index (κ1) is 22.3. The van der Waals surface area contributed by atoms with Gasteiger partial charge in [0.25, 0.3) is 0 Å². The number of H-pyrrole nitrogens is 1. The lowest BCUT2D eigenvalue weighted by Crippen LogP contribution is -2.48. The quantitative estimate of drug-likeness (QED) is 0.458. The van der Waals surface area contributed by atoms with Gasteiger partial charge in [0.2, 0.25) is 5.91 Å². The molecule has 4 aromatic rings. The standard InChI is InChI=1S/C28H34N6O/c1-18(2)26-23-14-21(20-7-11-32(12-8-20)16-25(35)33-9-4-10-33)5-6-24(23)31-27(26)22-13-19(3)28-29-17-30-34(28)15-22/h5-6,13-15,17-18,20,31H,4,7-12,16H2,1-3H3. The van der Waals surface area contributed by atoms with Gasteiger partial charge in [-0.15, -0.1) is 0 Å². The molecule has 2 fully saturated rings. The van der Waals surface area contributed by atoms with Crippen LogP contribution >= 0.6 is 0 Å². The van der Waals surface area contributed by atoms with Gasteiger partial charge in [-0.1, -0.05) is 19.9 Å². The summed E-state index contributed by atoms with van der Waals surface area (Å²) in [6.45, 7) is 11.1. The van der Waals surface area contributed by atoms with Crippen molar-refractivity contribution >= 4 is 22.5 Å². The summed E-state index contributed by atoms with van der Waals surface area (Å²) in [5.74, 6) is 1.23. The first-order valence-electron chi connectivity index (χ1n) is 12.9. The zero-order valence-corrected chi connectivity index (χ0v) is 20.9. The minimum absolute atomic E-state index is 0.303. The Hall–Kier alpha value is -3.19. The van der Waals surface area contributed by atoms with Gasteiger partial charge in [-0.3, -0.25) is 9.69 Å². The molecule has 0 bridgehead atoms. The van der Waals surface area contributed by atoms with E-state index in [0.29, 0.717) is 24.3 Å². The lowest BCUT2D eigenvalue weighted by atomic mass is 9.87. The second kappa shape index (κ2) is 8.79. The van der Waals surface area contributed by atoms with Crippen molar-refractivity contribution in [2.75, 3.05) is 32.7 Å². The number of nitrogens with one attached hydrogen (secondary N) is 1. The minimum Gasteiger partial charge on any atom is -0.354 e. The zero-order valence-electron chi connectivity index (χ0n) is 20.9. The second-order valence-electron chi connectivity index (χ2n) is 10.6. The maximum absolute atomic E-state index is 12.4. The number of aromatic amines is 1. The van der Waals surface area contributed by atoms with E-state index in [2.05, 4.69) is 71.2 Å². The average Bonchev–Trinajstić information content (AvgIpc) is 3.43. The number of amides is 1. The number of nitrogens with zero attached hydrogens (tertiary/aromatic N) is 5. The molecule has 3 aromatic heterocycles. The fourth-order valence-corrected chi connectivity index (χ4v) is 5.82. The molecule has 1 aromatic carbocycles. The van der Waals surface area contributed by atoms with Crippen molar-refractivity contribution in [3.05, 3.63) is 53.5 Å². The highest BCUT2D eigenvalue weighted by atomic mass is 16.2. The van der Waals surface area contributed by atoms with E-state index in [9.17, 15) is 4.79 Å². The predicted octanol–water partition coefficient (Wildman–Crippen LogP) is 4.72. The Bertz CT molecular complexity index is 1390. The van der Waals surface area contributed by atoms with Gasteiger partial charge in [0.05, 0.1) is 12.2 Å². The maximum atomic E-state index is 12.4. The van der Waals surface area contributed by atoms with Gasteiger partial charge in [-0.25, -0.2) is 9.50 Å². The monoisotopic (exact) mass is 470 g/mol. The van der Waals surface area contributed by atoms with Crippen LogP contribution in [-0.4, -0.2) is 68.0 Å². The summed E-state index contributed by atoms with van der Waals surface area (Å²) in [6, 6.07) is 9.17. The Balaban J connectivity index is 1.27. The Labute approximate surface area is 206 Å². The number of likely N-dealkylation sites (tertiary alicyclic amines) is 2. The van der Waals surface area contributed by atoms with E-state index >= 15 is 0 Å². The number of piperidine rings is 1. The summed E-state index contributed by atoms with van der Waals surface area (Å²) < 4.78 is 1.87. The summed E-state index contributed by atoms with van der Waals surface area (Å²) in [4.78, 5) is 24.8. The van der Waals surface area contributed by atoms with Gasteiger partial charge in [-0.2, -0.15) is 5.10 Å². The molecule has 2 aliphatic rings. The molecule has 7 nitrogen and oxygen atoms in total. The van der Waals surface area contributed by atoms with Crippen LogP contribution in [0.1, 0.15) is 61.6 Å². The van der Waals surface area contributed by atoms with Crippen LogP contribution in [0.3, 0.4) is 0 Å². The molecule has 7 heteroatoms. The van der Waals surface area contributed by atoms with Crippen molar-refractivity contribution in [3.63, 3.8) is 0 Å². The third kappa shape index (κ3) is 4.01. The van der Waals surface area contributed by atoms with Crippen molar-refractivity contribution in [1.82, 2.24) is 29.4 Å². The Morgan fingerprint density at radius 1 is 1.14 bits per heavy atom. The summed E-state index contributed by atoms with van der Waals surface area (Å²) in [5, 5.41) is 5.69. The number of carbonyl (C=O) groups is 1. The van der Waals surface area contributed by atoms with Crippen molar-refractivity contribution in [1.29, 1.82) is 0 Å². The highest BCUT2D eigenvalue weighted by molar-refractivity contribution is 5.92. The van der Waals surface area contributed by atoms with Crippen LogP contribution in [0.5, 0.6) is 0 Å². The highest BCUT2D eigenvalue weighted by Gasteiger charge is 2.27. The van der Waals surface area contributed by atoms with Crippen LogP contribution in [0.25, 0.3) is 27.8 Å². The number of hydrogen-bond acceptors (Lipinski definition) is 4. The fraction of sp³-hybridized carbons (Fsp3) is 0.464. The summed E-state index contributed by atoms with van der Waals surface area (Å²) in [5.41, 5.74) is 8.29. The van der Waals surface area contributed by atoms with E-state index in [1.165, 1.54) is 27.7 Å². The number of hydrogen-bond donors (Lipinski definition) is 1. The molecule has 0 aliphatic carbocycles. The first-order chi connectivity index (χ1) is 17.0. The molecule has 6 rings (SSSR count). The lowest BCUT2D eigenvalue weighted by molar-refractivity contribution is -0.136. The van der Waals surface area contributed by atoms with Gasteiger partial charge >= 0.3 is 0 Å². The van der Waals surface area contributed by atoms with E-state index < -0.39 is 0 Å². The van der Waals surface area contributed by atoms with E-state index in [0.717, 1.165) is 62.2 Å². The van der Waals surface area contributed by atoms with Crippen LogP contribution in [-0.2, 0) is 4.79 Å². The Morgan fingerprint density at radius 2 is 1.94 bits per heavy atom. The topological polar surface area (TPSA) is 69.5 Å². The predicted molar refractivity (Wildman–Crippen MR) is 139 cm³/mol. The molecule has 35 heavy (non-hydrogen) atoms. The van der Waals surface area contributed by atoms with E-state index in [4.69, 9.17) is 0 Å². The molecule has 1 amide bonds. The number of aryl methyl sites for hydroxylation is 1. The highest BCUT2D eigenvalue weighted by Crippen LogP contribution is 2.38. The third-order valence-corrected chi connectivity index (χ3v) is 7.91. The van der Waals surface area contributed by atoms with Crippen LogP contribution < -0.4 is 0 Å². The van der Waals surface area contributed by atoms with Crippen LogP contribution in [0.15, 0.2) is 36.8 Å². The average molecular weight is 471 g/mol. The number of carbonyl (C=O) groups excluding carboxylic acids is 1. The summed E-state index contributed by atoms with van der Waals surface area (Å²) in [7, 11) is 0. The van der Waals surface area contributed by atoms with Gasteiger partial charge in [0.1, 0.15) is 6.33 Å². The van der Waals surface area contributed by atoms with Crippen LogP contribution in [0.2, 0.25) is 0 Å². The Kier molecular flexibility index (Phi) is 5.60. The van der Waals surface area contributed by atoms with Gasteiger partial charge < -0.3 is 9.88 Å². The van der Waals surface area contributed by atoms with Crippen molar-refractivity contribution in [3.8, 4) is 11.3 Å². The smallest absolute Gasteiger partial charge is 0.236 e. The molecule has 1 N–H and O–H groups in total. The van der Waals surface area contributed by atoms with E-state index in [1.807, 2.05) is 9.42 Å². The van der Waals surface area contributed by atoms with Gasteiger partial charge in [0.15, 0.2) is 5.65 Å².